The normalized spacial score (nSPS) is 17.7. The van der Waals surface area contributed by atoms with Crippen molar-refractivity contribution in [2.75, 3.05) is 44.7 Å². The van der Waals surface area contributed by atoms with Crippen LogP contribution in [-0.4, -0.2) is 56.1 Å². The number of rotatable bonds is 7. The molecule has 2 aromatic carbocycles. The van der Waals surface area contributed by atoms with Crippen molar-refractivity contribution in [1.82, 2.24) is 10.2 Å². The highest BCUT2D eigenvalue weighted by atomic mass is 32.2. The van der Waals surface area contributed by atoms with Crippen molar-refractivity contribution in [1.29, 1.82) is 0 Å². The number of hydrogen-bond donors (Lipinski definition) is 2. The summed E-state index contributed by atoms with van der Waals surface area (Å²) >= 11 is 0.580. The molecule has 2 heterocycles. The van der Waals surface area contributed by atoms with E-state index in [9.17, 15) is 31.1 Å². The molecule has 0 amide bonds. The average molecular weight is 560 g/mol. The van der Waals surface area contributed by atoms with Gasteiger partial charge in [0, 0.05) is 52.4 Å². The van der Waals surface area contributed by atoms with Crippen molar-refractivity contribution in [3.05, 3.63) is 65.4 Å². The van der Waals surface area contributed by atoms with Gasteiger partial charge in [0.1, 0.15) is 0 Å². The molecule has 2 aliphatic heterocycles. The number of allylic oxidation sites excluding steroid dienone is 1. The van der Waals surface area contributed by atoms with E-state index in [1.165, 1.54) is 12.3 Å². The number of nitrogens with one attached hydrogen (secondary N) is 2. The van der Waals surface area contributed by atoms with Gasteiger partial charge < -0.3 is 20.3 Å². The van der Waals surface area contributed by atoms with Crippen LogP contribution in [0.4, 0.5) is 32.0 Å². The second-order valence-corrected chi connectivity index (χ2v) is 10.1. The highest BCUT2D eigenvalue weighted by molar-refractivity contribution is 7.99. The number of anilines is 1. The van der Waals surface area contributed by atoms with E-state index in [0.717, 1.165) is 44.1 Å². The summed E-state index contributed by atoms with van der Waals surface area (Å²) < 4.78 is 90.0. The van der Waals surface area contributed by atoms with E-state index in [1.807, 2.05) is 0 Å². The van der Waals surface area contributed by atoms with Crippen molar-refractivity contribution in [3.8, 4) is 0 Å². The van der Waals surface area contributed by atoms with Crippen molar-refractivity contribution >= 4 is 23.2 Å². The van der Waals surface area contributed by atoms with E-state index >= 15 is 0 Å². The second kappa shape index (κ2) is 12.0. The van der Waals surface area contributed by atoms with Gasteiger partial charge in [0.15, 0.2) is 5.78 Å². The van der Waals surface area contributed by atoms with E-state index in [0.29, 0.717) is 48.6 Å². The van der Waals surface area contributed by atoms with Crippen molar-refractivity contribution < 1.29 is 35.9 Å². The number of nitrogens with zero attached hydrogens (tertiary/aromatic N) is 1. The molecule has 2 saturated heterocycles. The average Bonchev–Trinajstić information content (AvgIpc) is 2.87. The monoisotopic (exact) mass is 559 g/mol. The maximum absolute atomic E-state index is 14.2. The molecule has 5 nitrogen and oxygen atoms in total. The van der Waals surface area contributed by atoms with Crippen LogP contribution in [0.2, 0.25) is 0 Å². The van der Waals surface area contributed by atoms with Gasteiger partial charge in [-0.05, 0) is 56.3 Å². The molecule has 2 N–H and O–H groups in total. The zero-order valence-electron chi connectivity index (χ0n) is 20.3. The van der Waals surface area contributed by atoms with Crippen molar-refractivity contribution in [3.63, 3.8) is 0 Å². The zero-order chi connectivity index (χ0) is 27.3. The minimum absolute atomic E-state index is 0.190. The summed E-state index contributed by atoms with van der Waals surface area (Å²) in [5.41, 5.74) is -4.21. The standard InChI is InChI=1S/C26H27F6N3O2S/c27-25(28,29)23-20(21(36)8-11-35-12-14-37-15-13-35)4-5-22(24(23)26(30,31)32)38-19-3-1-2-18(16-19)34-17-6-9-33-10-7-17/h1-5,8,11,16-17,33-34H,6-7,9-10,12-15H2. The molecule has 2 aromatic rings. The quantitative estimate of drug-likeness (QED) is 0.244. The van der Waals surface area contributed by atoms with Crippen LogP contribution in [0.15, 0.2) is 58.5 Å². The lowest BCUT2D eigenvalue weighted by atomic mass is 9.96. The van der Waals surface area contributed by atoms with Gasteiger partial charge in [0.2, 0.25) is 0 Å². The van der Waals surface area contributed by atoms with Crippen LogP contribution in [0.1, 0.15) is 34.3 Å². The Balaban J connectivity index is 1.67. The Bertz CT molecular complexity index is 1160. The summed E-state index contributed by atoms with van der Waals surface area (Å²) in [6.45, 7) is 3.29. The maximum Gasteiger partial charge on any atom is 0.418 e. The topological polar surface area (TPSA) is 53.6 Å². The van der Waals surface area contributed by atoms with Crippen LogP contribution in [0.3, 0.4) is 0 Å². The molecule has 2 fully saturated rings. The highest BCUT2D eigenvalue weighted by Gasteiger charge is 2.47. The number of ketones is 1. The number of morpholine rings is 1. The summed E-state index contributed by atoms with van der Waals surface area (Å²) in [5, 5.41) is 6.57. The summed E-state index contributed by atoms with van der Waals surface area (Å²) in [7, 11) is 0. The molecule has 0 unspecified atom stereocenters. The first kappa shape index (κ1) is 28.3. The summed E-state index contributed by atoms with van der Waals surface area (Å²) in [4.78, 5) is 14.1. The Morgan fingerprint density at radius 2 is 1.68 bits per heavy atom. The van der Waals surface area contributed by atoms with Gasteiger partial charge in [0.05, 0.1) is 24.3 Å². The van der Waals surface area contributed by atoms with E-state index in [-0.39, 0.29) is 6.04 Å². The molecular weight excluding hydrogens is 532 g/mol. The molecule has 4 rings (SSSR count). The molecule has 0 spiro atoms. The SMILES string of the molecule is O=C(C=CN1CCOCC1)c1ccc(Sc2cccc(NC3CCNCC3)c2)c(C(F)(F)F)c1C(F)(F)F. The van der Waals surface area contributed by atoms with Crippen LogP contribution in [0, 0.1) is 0 Å². The van der Waals surface area contributed by atoms with Crippen LogP contribution in [-0.2, 0) is 17.1 Å². The van der Waals surface area contributed by atoms with Crippen LogP contribution < -0.4 is 10.6 Å². The van der Waals surface area contributed by atoms with E-state index in [4.69, 9.17) is 4.74 Å². The van der Waals surface area contributed by atoms with Gasteiger partial charge >= 0.3 is 12.4 Å². The third-order valence-corrected chi connectivity index (χ3v) is 7.30. The molecule has 38 heavy (non-hydrogen) atoms. The molecule has 0 saturated carbocycles. The fourth-order valence-electron chi connectivity index (χ4n) is 4.42. The Morgan fingerprint density at radius 1 is 1.00 bits per heavy atom. The summed E-state index contributed by atoms with van der Waals surface area (Å²) in [6.07, 6.45) is -6.83. The molecule has 0 aromatic heterocycles. The number of hydrogen-bond acceptors (Lipinski definition) is 6. The molecule has 12 heteroatoms. The van der Waals surface area contributed by atoms with Crippen LogP contribution >= 0.6 is 11.8 Å². The number of halogens is 6. The van der Waals surface area contributed by atoms with Crippen molar-refractivity contribution in [2.24, 2.45) is 0 Å². The lowest BCUT2D eigenvalue weighted by Crippen LogP contribution is -2.35. The molecule has 0 bridgehead atoms. The Labute approximate surface area is 220 Å². The minimum atomic E-state index is -5.41. The fourth-order valence-corrected chi connectivity index (χ4v) is 5.46. The zero-order valence-corrected chi connectivity index (χ0v) is 21.1. The first-order chi connectivity index (χ1) is 18.0. The number of alkyl halides is 6. The molecular formula is C26H27F6N3O2S. The third-order valence-electron chi connectivity index (χ3n) is 6.25. The Hall–Kier alpha value is -2.70. The summed E-state index contributed by atoms with van der Waals surface area (Å²) in [6, 6.07) is 8.50. The number of piperidine rings is 1. The molecule has 0 atom stereocenters. The van der Waals surface area contributed by atoms with Crippen LogP contribution in [0.5, 0.6) is 0 Å². The first-order valence-electron chi connectivity index (χ1n) is 12.1. The molecule has 2 aliphatic rings. The van der Waals surface area contributed by atoms with Gasteiger partial charge in [0.25, 0.3) is 0 Å². The number of carbonyl (C=O) groups is 1. The predicted molar refractivity (Wildman–Crippen MR) is 132 cm³/mol. The van der Waals surface area contributed by atoms with E-state index in [2.05, 4.69) is 10.6 Å². The highest BCUT2D eigenvalue weighted by Crippen LogP contribution is 2.48. The largest absolute Gasteiger partial charge is 0.418 e. The number of benzene rings is 2. The lowest BCUT2D eigenvalue weighted by molar-refractivity contribution is -0.163. The molecule has 206 valence electrons. The third kappa shape index (κ3) is 7.23. The van der Waals surface area contributed by atoms with Crippen LogP contribution in [0.25, 0.3) is 0 Å². The minimum Gasteiger partial charge on any atom is -0.382 e. The van der Waals surface area contributed by atoms with Crippen molar-refractivity contribution in [2.45, 2.75) is 41.0 Å². The Kier molecular flexibility index (Phi) is 8.94. The smallest absolute Gasteiger partial charge is 0.382 e. The number of carbonyl (C=O) groups excluding carboxylic acids is 1. The van der Waals surface area contributed by atoms with Gasteiger partial charge in [-0.2, -0.15) is 26.3 Å². The Morgan fingerprint density at radius 3 is 2.34 bits per heavy atom. The van der Waals surface area contributed by atoms with Gasteiger partial charge in [-0.3, -0.25) is 4.79 Å². The summed E-state index contributed by atoms with van der Waals surface area (Å²) in [5.74, 6) is -1.15. The first-order valence-corrected chi connectivity index (χ1v) is 12.9. The lowest BCUT2D eigenvalue weighted by Gasteiger charge is -2.25. The van der Waals surface area contributed by atoms with Gasteiger partial charge in [-0.25, -0.2) is 0 Å². The predicted octanol–water partition coefficient (Wildman–Crippen LogP) is 6.07. The van der Waals surface area contributed by atoms with E-state index < -0.39 is 39.7 Å². The second-order valence-electron chi connectivity index (χ2n) is 8.98. The fraction of sp³-hybridized carbons (Fsp3) is 0.423. The maximum atomic E-state index is 14.2. The van der Waals surface area contributed by atoms with E-state index in [1.54, 1.807) is 23.1 Å². The van der Waals surface area contributed by atoms with Gasteiger partial charge in [-0.1, -0.05) is 17.8 Å². The molecule has 0 radical (unpaired) electrons. The van der Waals surface area contributed by atoms with Gasteiger partial charge in [-0.15, -0.1) is 0 Å². The number of ether oxygens (including phenoxy) is 1. The molecule has 0 aliphatic carbocycles.